The number of aliphatic hydroxyl groups is 3. The highest BCUT2D eigenvalue weighted by Gasteiger charge is 2.31. The molecule has 2 aromatic carbocycles. The number of benzene rings is 2. The monoisotopic (exact) mass is 704 g/mol. The molecule has 2 rings (SSSR count). The molecule has 0 unspecified atom stereocenters. The molecule has 0 spiro atoms. The van der Waals surface area contributed by atoms with Gasteiger partial charge in [0.2, 0.25) is 0 Å². The van der Waals surface area contributed by atoms with E-state index >= 15 is 0 Å². The summed E-state index contributed by atoms with van der Waals surface area (Å²) in [6.07, 6.45) is -3.97. The van der Waals surface area contributed by atoms with Crippen LogP contribution in [0.5, 0.6) is 0 Å². The molecule has 0 aliphatic carbocycles. The van der Waals surface area contributed by atoms with E-state index in [1.165, 1.54) is 0 Å². The fraction of sp³-hybridized carbons (Fsp3) is 0.464. The number of ether oxygens (including phenoxy) is 2. The molecule has 0 saturated carbocycles. The largest absolute Gasteiger partial charge is 0.480 e. The lowest BCUT2D eigenvalue weighted by Crippen LogP contribution is -2.46. The second kappa shape index (κ2) is 16.1. The number of aliphatic hydroxyl groups excluding tert-OH is 3. The average Bonchev–Trinajstić information content (AvgIpc) is 2.84. The summed E-state index contributed by atoms with van der Waals surface area (Å²) in [6, 6.07) is 11.1. The molecule has 0 aromatic heterocycles. The number of halogens is 2. The lowest BCUT2D eigenvalue weighted by Gasteiger charge is -2.25. The number of carbonyl (C=O) groups excluding carboxylic acids is 2. The van der Waals surface area contributed by atoms with Gasteiger partial charge in [0.15, 0.2) is 6.04 Å². The number of hydrogen-bond acceptors (Lipinski definition) is 8. The summed E-state index contributed by atoms with van der Waals surface area (Å²) in [7, 11) is 0. The number of amides is 2. The molecule has 228 valence electrons. The lowest BCUT2D eigenvalue weighted by atomic mass is 10.0. The average molecular weight is 706 g/mol. The fourth-order valence-electron chi connectivity index (χ4n) is 3.14. The van der Waals surface area contributed by atoms with Crippen LogP contribution in [0.25, 0.3) is 0 Å². The van der Waals surface area contributed by atoms with Crippen LogP contribution in [0, 0.1) is 0 Å². The number of alkyl carbamates (subject to hydrolysis) is 2. The number of rotatable bonds is 8. The molecule has 0 heterocycles. The summed E-state index contributed by atoms with van der Waals surface area (Å²) >= 11 is 6.55. The molecule has 0 aliphatic rings. The van der Waals surface area contributed by atoms with Crippen LogP contribution in [-0.2, 0) is 14.3 Å². The Morgan fingerprint density at radius 3 is 1.44 bits per heavy atom. The van der Waals surface area contributed by atoms with Gasteiger partial charge in [0, 0.05) is 8.95 Å². The SMILES string of the molecule is CC(C)(C)OC(=O)N[C@H](C(=O)O)[C@H](O)c1ccc(Br)cc1.CC(C)(C)OC(=O)N[C@H](CO)[C@H](O)c1ccc(Br)cc1. The van der Waals surface area contributed by atoms with Crippen LogP contribution in [0.4, 0.5) is 9.59 Å². The van der Waals surface area contributed by atoms with Gasteiger partial charge in [-0.15, -0.1) is 0 Å². The van der Waals surface area contributed by atoms with Crippen molar-refractivity contribution >= 4 is 50.0 Å². The number of hydrogen-bond donors (Lipinski definition) is 6. The zero-order valence-corrected chi connectivity index (χ0v) is 26.9. The van der Waals surface area contributed by atoms with E-state index in [1.807, 2.05) is 0 Å². The van der Waals surface area contributed by atoms with Crippen LogP contribution < -0.4 is 10.6 Å². The quantitative estimate of drug-likeness (QED) is 0.225. The van der Waals surface area contributed by atoms with Crippen LogP contribution in [0.3, 0.4) is 0 Å². The van der Waals surface area contributed by atoms with Gasteiger partial charge in [0.1, 0.15) is 23.4 Å². The van der Waals surface area contributed by atoms with Crippen molar-refractivity contribution in [2.24, 2.45) is 0 Å². The number of carboxylic acids is 1. The summed E-state index contributed by atoms with van der Waals surface area (Å²) < 4.78 is 11.8. The first-order chi connectivity index (χ1) is 18.8. The normalized spacial score (nSPS) is 14.3. The van der Waals surface area contributed by atoms with E-state index in [0.29, 0.717) is 11.1 Å². The van der Waals surface area contributed by atoms with Gasteiger partial charge in [0.25, 0.3) is 0 Å². The Bertz CT molecular complexity index is 1130. The van der Waals surface area contributed by atoms with Gasteiger partial charge in [0.05, 0.1) is 12.6 Å². The van der Waals surface area contributed by atoms with Gasteiger partial charge < -0.3 is 40.5 Å². The molecular formula is C28H38Br2N2O9. The molecule has 2 aromatic rings. The van der Waals surface area contributed by atoms with E-state index < -0.39 is 60.3 Å². The van der Waals surface area contributed by atoms with E-state index in [9.17, 15) is 29.7 Å². The van der Waals surface area contributed by atoms with Crippen molar-refractivity contribution in [1.82, 2.24) is 10.6 Å². The Morgan fingerprint density at radius 2 is 1.10 bits per heavy atom. The minimum absolute atomic E-state index is 0.377. The predicted molar refractivity (Wildman–Crippen MR) is 159 cm³/mol. The molecule has 4 atom stereocenters. The molecule has 2 amide bonds. The maximum Gasteiger partial charge on any atom is 0.408 e. The van der Waals surface area contributed by atoms with Crippen molar-refractivity contribution in [1.29, 1.82) is 0 Å². The zero-order valence-electron chi connectivity index (χ0n) is 23.7. The van der Waals surface area contributed by atoms with Crippen molar-refractivity contribution in [3.8, 4) is 0 Å². The number of aliphatic carboxylic acids is 1. The summed E-state index contributed by atoms with van der Waals surface area (Å²) in [5.74, 6) is -1.35. The third-order valence-electron chi connectivity index (χ3n) is 4.96. The third-order valence-corrected chi connectivity index (χ3v) is 6.01. The van der Waals surface area contributed by atoms with Crippen LogP contribution in [0.2, 0.25) is 0 Å². The molecule has 0 fully saturated rings. The van der Waals surface area contributed by atoms with E-state index in [-0.39, 0.29) is 0 Å². The molecule has 13 heteroatoms. The Hall–Kier alpha value is -2.71. The highest BCUT2D eigenvalue weighted by Crippen LogP contribution is 2.21. The van der Waals surface area contributed by atoms with E-state index in [1.54, 1.807) is 90.1 Å². The summed E-state index contributed by atoms with van der Waals surface area (Å²) in [5, 5.41) is 43.4. The minimum Gasteiger partial charge on any atom is -0.480 e. The van der Waals surface area contributed by atoms with Gasteiger partial charge in [-0.2, -0.15) is 0 Å². The summed E-state index contributed by atoms with van der Waals surface area (Å²) in [4.78, 5) is 34.5. The van der Waals surface area contributed by atoms with Crippen LogP contribution in [0.1, 0.15) is 64.9 Å². The van der Waals surface area contributed by atoms with Crippen molar-refractivity contribution in [2.75, 3.05) is 6.61 Å². The first kappa shape index (κ1) is 36.3. The Balaban J connectivity index is 0.000000410. The standard InChI is InChI=1S/C14H18BrNO5.C14H20BrNO4/c1-14(2,3)21-13(20)16-10(12(18)19)11(17)8-4-6-9(15)7-5-8;1-14(2,3)20-13(19)16-11(8-17)12(18)9-4-6-10(15)7-5-9/h4-7,10-11,17H,1-3H3,(H,16,20)(H,18,19);4-7,11-12,17-18H,8H2,1-3H3,(H,16,19)/t10-,11+;11-,12-/m01/s1. The van der Waals surface area contributed by atoms with Gasteiger partial charge in [-0.25, -0.2) is 14.4 Å². The Kier molecular flexibility index (Phi) is 14.2. The van der Waals surface area contributed by atoms with Crippen LogP contribution >= 0.6 is 31.9 Å². The molecule has 11 nitrogen and oxygen atoms in total. The number of carboxylic acid groups (broad SMARTS) is 1. The number of nitrogens with one attached hydrogen (secondary N) is 2. The molecule has 41 heavy (non-hydrogen) atoms. The molecule has 0 aliphatic heterocycles. The van der Waals surface area contributed by atoms with Crippen molar-refractivity contribution < 1.29 is 44.3 Å². The maximum atomic E-state index is 11.7. The van der Waals surface area contributed by atoms with E-state index in [4.69, 9.17) is 14.6 Å². The molecule has 6 N–H and O–H groups in total. The Morgan fingerprint density at radius 1 is 0.732 bits per heavy atom. The maximum absolute atomic E-state index is 11.7. The van der Waals surface area contributed by atoms with Crippen LogP contribution in [0.15, 0.2) is 57.5 Å². The third kappa shape index (κ3) is 14.1. The van der Waals surface area contributed by atoms with Gasteiger partial charge in [-0.1, -0.05) is 56.1 Å². The fourth-order valence-corrected chi connectivity index (χ4v) is 3.67. The second-order valence-corrected chi connectivity index (χ2v) is 12.7. The van der Waals surface area contributed by atoms with Crippen molar-refractivity contribution in [3.63, 3.8) is 0 Å². The summed E-state index contributed by atoms with van der Waals surface area (Å²) in [5.41, 5.74) is -0.410. The predicted octanol–water partition coefficient (Wildman–Crippen LogP) is 4.83. The van der Waals surface area contributed by atoms with Crippen molar-refractivity contribution in [2.45, 2.75) is 77.0 Å². The zero-order chi connectivity index (χ0) is 31.5. The molecular weight excluding hydrogens is 668 g/mol. The smallest absolute Gasteiger partial charge is 0.408 e. The number of carbonyl (C=O) groups is 3. The van der Waals surface area contributed by atoms with E-state index in [2.05, 4.69) is 42.5 Å². The first-order valence-electron chi connectivity index (χ1n) is 12.5. The highest BCUT2D eigenvalue weighted by atomic mass is 79.9. The molecule has 0 radical (unpaired) electrons. The van der Waals surface area contributed by atoms with Gasteiger partial charge in [-0.3, -0.25) is 0 Å². The van der Waals surface area contributed by atoms with Crippen LogP contribution in [-0.4, -0.2) is 68.5 Å². The minimum atomic E-state index is -1.50. The highest BCUT2D eigenvalue weighted by molar-refractivity contribution is 9.10. The van der Waals surface area contributed by atoms with Crippen molar-refractivity contribution in [3.05, 3.63) is 68.6 Å². The first-order valence-corrected chi connectivity index (χ1v) is 14.1. The summed E-state index contributed by atoms with van der Waals surface area (Å²) in [6.45, 7) is 9.81. The second-order valence-electron chi connectivity index (χ2n) is 10.9. The van der Waals surface area contributed by atoms with Gasteiger partial charge >= 0.3 is 18.2 Å². The topological polar surface area (TPSA) is 175 Å². The van der Waals surface area contributed by atoms with E-state index in [0.717, 1.165) is 8.95 Å². The Labute approximate surface area is 256 Å². The molecule has 0 saturated heterocycles. The lowest BCUT2D eigenvalue weighted by molar-refractivity contribution is -0.142. The molecule has 0 bridgehead atoms. The van der Waals surface area contributed by atoms with Gasteiger partial charge in [-0.05, 0) is 76.9 Å².